The van der Waals surface area contributed by atoms with Gasteiger partial charge in [-0.25, -0.2) is 0 Å². The highest BCUT2D eigenvalue weighted by Crippen LogP contribution is 2.42. The quantitative estimate of drug-likeness (QED) is 0.155. The van der Waals surface area contributed by atoms with Crippen LogP contribution < -0.4 is 10.1 Å². The molecule has 0 aliphatic heterocycles. The molecule has 0 radical (unpaired) electrons. The molecule has 9 nitrogen and oxygen atoms in total. The van der Waals surface area contributed by atoms with E-state index in [1.165, 1.54) is 18.2 Å². The topological polar surface area (TPSA) is 138 Å². The molecule has 0 fully saturated rings. The van der Waals surface area contributed by atoms with Crippen LogP contribution in [0.3, 0.4) is 0 Å². The molecule has 12 heteroatoms. The number of fused-ring (bicyclic) bond motifs is 1. The zero-order valence-corrected chi connectivity index (χ0v) is 22.4. The van der Waals surface area contributed by atoms with E-state index >= 15 is 0 Å². The minimum Gasteiger partial charge on any atom is -0.505 e. The maximum Gasteiger partial charge on any atom is 0.298 e. The molecule has 0 saturated carbocycles. The van der Waals surface area contributed by atoms with Crippen LogP contribution in [-0.2, 0) is 10.1 Å². The number of amides is 1. The number of hydrogen-bond donors (Lipinski definition) is 3. The van der Waals surface area contributed by atoms with Gasteiger partial charge in [0.2, 0.25) is 0 Å². The minimum absolute atomic E-state index is 0.0926. The molecule has 0 aliphatic rings. The third-order valence-electron chi connectivity index (χ3n) is 5.54. The number of hydrogen-bond acceptors (Lipinski definition) is 7. The summed E-state index contributed by atoms with van der Waals surface area (Å²) in [5.41, 5.74) is 0.224. The Morgan fingerprint density at radius 1 is 1.00 bits per heavy atom. The normalized spacial score (nSPS) is 11.7. The fraction of sp³-hybridized carbons (Fsp3) is 0.115. The van der Waals surface area contributed by atoms with Crippen LogP contribution in [-0.4, -0.2) is 30.6 Å². The first-order valence-corrected chi connectivity index (χ1v) is 13.4. The predicted molar refractivity (Wildman–Crippen MR) is 146 cm³/mol. The van der Waals surface area contributed by atoms with Crippen molar-refractivity contribution >= 4 is 67.1 Å². The Labute approximate surface area is 228 Å². The van der Waals surface area contributed by atoms with E-state index < -0.39 is 26.7 Å². The summed E-state index contributed by atoms with van der Waals surface area (Å²) in [4.78, 5) is 12.7. The van der Waals surface area contributed by atoms with Gasteiger partial charge in [0.1, 0.15) is 16.3 Å². The second-order valence-corrected chi connectivity index (χ2v) is 10.2. The third-order valence-corrected chi connectivity index (χ3v) is 7.19. The number of aromatic hydroxyl groups is 1. The number of phenols is 1. The third kappa shape index (κ3) is 5.44. The van der Waals surface area contributed by atoms with Crippen LogP contribution in [0.2, 0.25) is 10.0 Å². The Bertz CT molecular complexity index is 1710. The summed E-state index contributed by atoms with van der Waals surface area (Å²) in [5.74, 6) is -0.900. The van der Waals surface area contributed by atoms with Crippen molar-refractivity contribution in [1.29, 1.82) is 0 Å². The van der Waals surface area contributed by atoms with E-state index in [4.69, 9.17) is 27.9 Å². The van der Waals surface area contributed by atoms with Gasteiger partial charge in [-0.15, -0.1) is 10.2 Å². The maximum absolute atomic E-state index is 13.3. The number of nitrogens with one attached hydrogen (secondary N) is 1. The highest BCUT2D eigenvalue weighted by Gasteiger charge is 2.23. The van der Waals surface area contributed by atoms with Gasteiger partial charge in [-0.2, -0.15) is 8.42 Å². The van der Waals surface area contributed by atoms with Gasteiger partial charge < -0.3 is 15.2 Å². The van der Waals surface area contributed by atoms with Crippen molar-refractivity contribution < 1.29 is 27.6 Å². The first-order chi connectivity index (χ1) is 18.0. The summed E-state index contributed by atoms with van der Waals surface area (Å²) >= 11 is 12.2. The predicted octanol–water partition coefficient (Wildman–Crippen LogP) is 7.47. The highest BCUT2D eigenvalue weighted by atomic mass is 35.5. The standard InChI is InChI=1S/C26H21Cl2N3O6S/c1-3-37-24-18(27)9-6-10-20(24)29-26(33)17-13-15-7-4-5-8-16(15)22(23(17)32)31-30-21-14(2)11-12-19(28)25(21)38(34,35)36/h4-13,32H,3H2,1-2H3,(H,29,33)(H,34,35,36). The number of nitrogens with zero attached hydrogens (tertiary/aromatic N) is 2. The lowest BCUT2D eigenvalue weighted by Gasteiger charge is -2.14. The van der Waals surface area contributed by atoms with Crippen molar-refractivity contribution in [2.45, 2.75) is 18.7 Å². The number of phenolic OH excluding ortho intramolecular Hbond substituents is 1. The van der Waals surface area contributed by atoms with Gasteiger partial charge in [0.15, 0.2) is 11.5 Å². The lowest BCUT2D eigenvalue weighted by atomic mass is 10.0. The zero-order chi connectivity index (χ0) is 27.6. The molecule has 4 aromatic rings. The Morgan fingerprint density at radius 3 is 2.42 bits per heavy atom. The van der Waals surface area contributed by atoms with Crippen molar-refractivity contribution in [2.24, 2.45) is 10.2 Å². The Kier molecular flexibility index (Phi) is 7.89. The molecule has 0 bridgehead atoms. The van der Waals surface area contributed by atoms with E-state index in [9.17, 15) is 22.9 Å². The zero-order valence-electron chi connectivity index (χ0n) is 20.1. The molecule has 0 aromatic heterocycles. The molecule has 38 heavy (non-hydrogen) atoms. The van der Waals surface area contributed by atoms with E-state index in [0.29, 0.717) is 33.7 Å². The molecule has 0 heterocycles. The SMILES string of the molecule is CCOc1c(Cl)cccc1NC(=O)c1cc2ccccc2c(N=Nc2c(C)ccc(Cl)c2S(=O)(=O)O)c1O. The van der Waals surface area contributed by atoms with Crippen molar-refractivity contribution in [3.05, 3.63) is 81.8 Å². The monoisotopic (exact) mass is 573 g/mol. The largest absolute Gasteiger partial charge is 0.505 e. The van der Waals surface area contributed by atoms with Gasteiger partial charge in [-0.3, -0.25) is 9.35 Å². The van der Waals surface area contributed by atoms with Gasteiger partial charge in [-0.05, 0) is 49.1 Å². The molecule has 0 saturated heterocycles. The number of carbonyl (C=O) groups is 1. The number of anilines is 1. The smallest absolute Gasteiger partial charge is 0.298 e. The first-order valence-electron chi connectivity index (χ1n) is 11.2. The van der Waals surface area contributed by atoms with E-state index in [1.54, 1.807) is 56.3 Å². The average molecular weight is 574 g/mol. The molecule has 0 spiro atoms. The Hall–Kier alpha value is -3.70. The van der Waals surface area contributed by atoms with Crippen molar-refractivity contribution in [3.8, 4) is 11.5 Å². The summed E-state index contributed by atoms with van der Waals surface area (Å²) in [6, 6.07) is 16.0. The molecule has 0 aliphatic carbocycles. The van der Waals surface area contributed by atoms with Crippen molar-refractivity contribution in [2.75, 3.05) is 11.9 Å². The van der Waals surface area contributed by atoms with Crippen LogP contribution in [0.4, 0.5) is 17.1 Å². The van der Waals surface area contributed by atoms with E-state index in [1.807, 2.05) is 0 Å². The lowest BCUT2D eigenvalue weighted by molar-refractivity contribution is 0.102. The number of aryl methyl sites for hydroxylation is 1. The van der Waals surface area contributed by atoms with E-state index in [2.05, 4.69) is 15.5 Å². The number of halogens is 2. The average Bonchev–Trinajstić information content (AvgIpc) is 2.86. The van der Waals surface area contributed by atoms with Gasteiger partial charge in [-0.1, -0.05) is 59.6 Å². The number of azo groups is 1. The number of rotatable bonds is 7. The molecule has 1 amide bonds. The second kappa shape index (κ2) is 11.0. The Balaban J connectivity index is 1.85. The number of carbonyl (C=O) groups excluding carboxylic acids is 1. The molecule has 4 rings (SSSR count). The molecule has 0 atom stereocenters. The minimum atomic E-state index is -4.75. The van der Waals surface area contributed by atoms with Gasteiger partial charge in [0.05, 0.1) is 27.9 Å². The molecule has 0 unspecified atom stereocenters. The van der Waals surface area contributed by atoms with Crippen LogP contribution in [0.5, 0.6) is 11.5 Å². The lowest BCUT2D eigenvalue weighted by Crippen LogP contribution is -2.13. The fourth-order valence-corrected chi connectivity index (χ4v) is 5.23. The number of benzene rings is 4. The van der Waals surface area contributed by atoms with Crippen molar-refractivity contribution in [3.63, 3.8) is 0 Å². The van der Waals surface area contributed by atoms with Gasteiger partial charge in [0.25, 0.3) is 16.0 Å². The summed E-state index contributed by atoms with van der Waals surface area (Å²) in [6.07, 6.45) is 0. The molecule has 3 N–H and O–H groups in total. The highest BCUT2D eigenvalue weighted by molar-refractivity contribution is 7.86. The number of para-hydroxylation sites is 1. The molecule has 4 aromatic carbocycles. The van der Waals surface area contributed by atoms with E-state index in [0.717, 1.165) is 0 Å². The summed E-state index contributed by atoms with van der Waals surface area (Å²) < 4.78 is 39.2. The summed E-state index contributed by atoms with van der Waals surface area (Å²) in [5, 5.41) is 23.0. The van der Waals surface area contributed by atoms with E-state index in [-0.39, 0.29) is 27.7 Å². The summed E-state index contributed by atoms with van der Waals surface area (Å²) in [7, 11) is -4.75. The van der Waals surface area contributed by atoms with Crippen LogP contribution in [0.25, 0.3) is 10.8 Å². The van der Waals surface area contributed by atoms with Gasteiger partial charge in [0, 0.05) is 5.39 Å². The molecular weight excluding hydrogens is 553 g/mol. The first kappa shape index (κ1) is 27.3. The maximum atomic E-state index is 13.3. The molecule has 196 valence electrons. The van der Waals surface area contributed by atoms with Crippen LogP contribution in [0, 0.1) is 6.92 Å². The summed E-state index contributed by atoms with van der Waals surface area (Å²) in [6.45, 7) is 3.64. The number of ether oxygens (including phenoxy) is 1. The fourth-order valence-electron chi connectivity index (χ4n) is 3.79. The van der Waals surface area contributed by atoms with Gasteiger partial charge >= 0.3 is 0 Å². The van der Waals surface area contributed by atoms with Crippen LogP contribution in [0.15, 0.2) is 75.8 Å². The van der Waals surface area contributed by atoms with Crippen LogP contribution >= 0.6 is 23.2 Å². The second-order valence-electron chi connectivity index (χ2n) is 8.06. The van der Waals surface area contributed by atoms with Crippen LogP contribution in [0.1, 0.15) is 22.8 Å². The van der Waals surface area contributed by atoms with Crippen molar-refractivity contribution in [1.82, 2.24) is 0 Å². The molecular formula is C26H21Cl2N3O6S. The Morgan fingerprint density at radius 2 is 1.71 bits per heavy atom.